The molecule has 2 nitrogen and oxygen atoms in total. The van der Waals surface area contributed by atoms with Gasteiger partial charge in [0.05, 0.1) is 6.61 Å². The monoisotopic (exact) mass is 233 g/mol. The van der Waals surface area contributed by atoms with E-state index in [0.717, 1.165) is 6.54 Å². The molecule has 2 N–H and O–H groups in total. The quantitative estimate of drug-likeness (QED) is 0.819. The standard InChI is InChI=1S/C15H23NO/c1-12-6-2-5-9-15(12)13(11-17)10-16-14-7-3-4-8-14/h2,5-6,9,13-14,16-17H,3-4,7-8,10-11H2,1H3. The lowest BCUT2D eigenvalue weighted by molar-refractivity contribution is 0.258. The molecule has 1 unspecified atom stereocenters. The first kappa shape index (κ1) is 12.6. The summed E-state index contributed by atoms with van der Waals surface area (Å²) in [7, 11) is 0. The summed E-state index contributed by atoms with van der Waals surface area (Å²) >= 11 is 0. The molecule has 1 saturated carbocycles. The lowest BCUT2D eigenvalue weighted by Gasteiger charge is -2.20. The summed E-state index contributed by atoms with van der Waals surface area (Å²) in [5.41, 5.74) is 2.56. The van der Waals surface area contributed by atoms with Gasteiger partial charge in [-0.1, -0.05) is 37.1 Å². The van der Waals surface area contributed by atoms with E-state index in [4.69, 9.17) is 0 Å². The fraction of sp³-hybridized carbons (Fsp3) is 0.600. The first-order chi connectivity index (χ1) is 8.31. The van der Waals surface area contributed by atoms with E-state index in [9.17, 15) is 5.11 Å². The van der Waals surface area contributed by atoms with E-state index >= 15 is 0 Å². The van der Waals surface area contributed by atoms with Crippen molar-refractivity contribution in [1.82, 2.24) is 5.32 Å². The van der Waals surface area contributed by atoms with E-state index < -0.39 is 0 Å². The maximum Gasteiger partial charge on any atom is 0.0512 e. The number of hydrogen-bond donors (Lipinski definition) is 2. The number of aliphatic hydroxyl groups excluding tert-OH is 1. The Balaban J connectivity index is 1.94. The third-order valence-corrected chi connectivity index (χ3v) is 3.86. The van der Waals surface area contributed by atoms with Crippen LogP contribution in [0.4, 0.5) is 0 Å². The van der Waals surface area contributed by atoms with Gasteiger partial charge in [-0.2, -0.15) is 0 Å². The van der Waals surface area contributed by atoms with Crippen LogP contribution in [0.3, 0.4) is 0 Å². The van der Waals surface area contributed by atoms with Crippen LogP contribution in [0.25, 0.3) is 0 Å². The van der Waals surface area contributed by atoms with Crippen molar-refractivity contribution in [3.8, 4) is 0 Å². The van der Waals surface area contributed by atoms with Gasteiger partial charge in [0, 0.05) is 18.5 Å². The summed E-state index contributed by atoms with van der Waals surface area (Å²) in [6.07, 6.45) is 5.30. The van der Waals surface area contributed by atoms with Gasteiger partial charge in [-0.3, -0.25) is 0 Å². The molecule has 2 heteroatoms. The summed E-state index contributed by atoms with van der Waals surface area (Å²) in [6.45, 7) is 3.24. The molecule has 1 aliphatic carbocycles. The van der Waals surface area contributed by atoms with Crippen LogP contribution >= 0.6 is 0 Å². The molecule has 1 aliphatic rings. The van der Waals surface area contributed by atoms with Crippen molar-refractivity contribution in [1.29, 1.82) is 0 Å². The Kier molecular flexibility index (Phi) is 4.57. The molecule has 1 aromatic carbocycles. The molecule has 0 spiro atoms. The van der Waals surface area contributed by atoms with Gasteiger partial charge in [0.25, 0.3) is 0 Å². The predicted molar refractivity (Wildman–Crippen MR) is 71.3 cm³/mol. The predicted octanol–water partition coefficient (Wildman–Crippen LogP) is 2.60. The first-order valence-electron chi connectivity index (χ1n) is 6.71. The van der Waals surface area contributed by atoms with Crippen molar-refractivity contribution in [2.45, 2.75) is 44.6 Å². The number of aliphatic hydroxyl groups is 1. The zero-order valence-electron chi connectivity index (χ0n) is 10.7. The summed E-state index contributed by atoms with van der Waals surface area (Å²) < 4.78 is 0. The zero-order valence-corrected chi connectivity index (χ0v) is 10.7. The summed E-state index contributed by atoms with van der Waals surface area (Å²) in [4.78, 5) is 0. The summed E-state index contributed by atoms with van der Waals surface area (Å²) in [5.74, 6) is 0.233. The third-order valence-electron chi connectivity index (χ3n) is 3.86. The second-order valence-electron chi connectivity index (χ2n) is 5.13. The Bertz CT molecular complexity index is 345. The Morgan fingerprint density at radius 3 is 2.65 bits per heavy atom. The highest BCUT2D eigenvalue weighted by Gasteiger charge is 2.17. The molecule has 0 aromatic heterocycles. The molecule has 1 atom stereocenters. The van der Waals surface area contributed by atoms with Crippen LogP contribution in [0.2, 0.25) is 0 Å². The lowest BCUT2D eigenvalue weighted by atomic mass is 9.95. The number of benzene rings is 1. The fourth-order valence-corrected chi connectivity index (χ4v) is 2.76. The van der Waals surface area contributed by atoms with Crippen molar-refractivity contribution in [3.63, 3.8) is 0 Å². The Morgan fingerprint density at radius 1 is 1.29 bits per heavy atom. The van der Waals surface area contributed by atoms with Gasteiger partial charge in [0.2, 0.25) is 0 Å². The van der Waals surface area contributed by atoms with Crippen molar-refractivity contribution in [3.05, 3.63) is 35.4 Å². The third kappa shape index (κ3) is 3.30. The molecular weight excluding hydrogens is 210 g/mol. The zero-order chi connectivity index (χ0) is 12.1. The van der Waals surface area contributed by atoms with Gasteiger partial charge in [-0.25, -0.2) is 0 Å². The van der Waals surface area contributed by atoms with Gasteiger partial charge in [0.1, 0.15) is 0 Å². The fourth-order valence-electron chi connectivity index (χ4n) is 2.76. The number of nitrogens with one attached hydrogen (secondary N) is 1. The Morgan fingerprint density at radius 2 is 2.00 bits per heavy atom. The van der Waals surface area contributed by atoms with Crippen LogP contribution < -0.4 is 5.32 Å². The maximum atomic E-state index is 9.54. The molecule has 1 aromatic rings. The minimum Gasteiger partial charge on any atom is -0.396 e. The normalized spacial score (nSPS) is 18.5. The molecular formula is C15H23NO. The molecule has 17 heavy (non-hydrogen) atoms. The van der Waals surface area contributed by atoms with Crippen LogP contribution in [0.15, 0.2) is 24.3 Å². The second kappa shape index (κ2) is 6.18. The minimum atomic E-state index is 0.227. The molecule has 0 heterocycles. The smallest absolute Gasteiger partial charge is 0.0512 e. The van der Waals surface area contributed by atoms with Crippen LogP contribution in [0.1, 0.15) is 42.7 Å². The van der Waals surface area contributed by atoms with E-state index in [-0.39, 0.29) is 12.5 Å². The molecule has 0 bridgehead atoms. The van der Waals surface area contributed by atoms with Crippen LogP contribution in [-0.2, 0) is 0 Å². The van der Waals surface area contributed by atoms with E-state index in [1.54, 1.807) is 0 Å². The van der Waals surface area contributed by atoms with E-state index in [2.05, 4.69) is 36.5 Å². The SMILES string of the molecule is Cc1ccccc1C(CO)CNC1CCCC1. The number of rotatable bonds is 5. The van der Waals surface area contributed by atoms with Gasteiger partial charge >= 0.3 is 0 Å². The lowest BCUT2D eigenvalue weighted by Crippen LogP contribution is -2.31. The van der Waals surface area contributed by atoms with Crippen molar-refractivity contribution < 1.29 is 5.11 Å². The highest BCUT2D eigenvalue weighted by atomic mass is 16.3. The van der Waals surface area contributed by atoms with Gasteiger partial charge in [-0.15, -0.1) is 0 Å². The summed E-state index contributed by atoms with van der Waals surface area (Å²) in [5, 5.41) is 13.1. The van der Waals surface area contributed by atoms with Crippen LogP contribution in [-0.4, -0.2) is 24.3 Å². The molecule has 0 saturated heterocycles. The van der Waals surface area contributed by atoms with Crippen LogP contribution in [0.5, 0.6) is 0 Å². The van der Waals surface area contributed by atoms with Crippen LogP contribution in [0, 0.1) is 6.92 Å². The maximum absolute atomic E-state index is 9.54. The van der Waals surface area contributed by atoms with E-state index in [0.29, 0.717) is 6.04 Å². The molecule has 1 fully saturated rings. The Labute approximate surface area is 104 Å². The molecule has 0 radical (unpaired) electrons. The molecule has 0 aliphatic heterocycles. The van der Waals surface area contributed by atoms with Gasteiger partial charge < -0.3 is 10.4 Å². The first-order valence-corrected chi connectivity index (χ1v) is 6.71. The number of hydrogen-bond acceptors (Lipinski definition) is 2. The average molecular weight is 233 g/mol. The topological polar surface area (TPSA) is 32.3 Å². The van der Waals surface area contributed by atoms with Gasteiger partial charge in [0.15, 0.2) is 0 Å². The van der Waals surface area contributed by atoms with Crippen molar-refractivity contribution in [2.75, 3.05) is 13.2 Å². The number of aryl methyl sites for hydroxylation is 1. The molecule has 0 amide bonds. The van der Waals surface area contributed by atoms with Crippen molar-refractivity contribution >= 4 is 0 Å². The summed E-state index contributed by atoms with van der Waals surface area (Å²) in [6, 6.07) is 9.03. The largest absolute Gasteiger partial charge is 0.396 e. The van der Waals surface area contributed by atoms with Gasteiger partial charge in [-0.05, 0) is 30.9 Å². The van der Waals surface area contributed by atoms with Crippen molar-refractivity contribution in [2.24, 2.45) is 0 Å². The molecule has 2 rings (SSSR count). The van der Waals surface area contributed by atoms with E-state index in [1.807, 2.05) is 0 Å². The highest BCUT2D eigenvalue weighted by Crippen LogP contribution is 2.21. The molecule has 94 valence electrons. The highest BCUT2D eigenvalue weighted by molar-refractivity contribution is 5.29. The second-order valence-corrected chi connectivity index (χ2v) is 5.13. The minimum absolute atomic E-state index is 0.227. The Hall–Kier alpha value is -0.860. The van der Waals surface area contributed by atoms with E-state index in [1.165, 1.54) is 36.8 Å². The average Bonchev–Trinajstić information content (AvgIpc) is 2.85.